The second-order valence-electron chi connectivity index (χ2n) is 2.22. The van der Waals surface area contributed by atoms with E-state index in [1.807, 2.05) is 13.0 Å². The van der Waals surface area contributed by atoms with Gasteiger partial charge in [-0.3, -0.25) is 0 Å². The first-order chi connectivity index (χ1) is 4.27. The van der Waals surface area contributed by atoms with E-state index < -0.39 is 0 Å². The van der Waals surface area contributed by atoms with Gasteiger partial charge in [0.25, 0.3) is 0 Å². The van der Waals surface area contributed by atoms with Crippen LogP contribution in [0.4, 0.5) is 0 Å². The Hall–Kier alpha value is -0.560. The van der Waals surface area contributed by atoms with Crippen LogP contribution >= 0.6 is 0 Å². The fourth-order valence-electron chi connectivity index (χ4n) is 0.552. The standard InChI is InChI=1S/C8H15N/c1-3-4-5-6-7-8(2)9/h3-5,8H,1,6-7,9H2,2H3/b5-4-. The molecular formula is C8H15N. The van der Waals surface area contributed by atoms with E-state index >= 15 is 0 Å². The molecule has 0 aromatic rings. The molecule has 2 N–H and O–H groups in total. The van der Waals surface area contributed by atoms with Crippen LogP contribution in [0.1, 0.15) is 19.8 Å². The van der Waals surface area contributed by atoms with Gasteiger partial charge in [0.05, 0.1) is 0 Å². The third-order valence-corrected chi connectivity index (χ3v) is 1.06. The van der Waals surface area contributed by atoms with Crippen molar-refractivity contribution in [1.29, 1.82) is 0 Å². The van der Waals surface area contributed by atoms with E-state index in [9.17, 15) is 0 Å². The van der Waals surface area contributed by atoms with Crippen molar-refractivity contribution >= 4 is 0 Å². The Labute approximate surface area is 57.3 Å². The molecule has 1 unspecified atom stereocenters. The fraction of sp³-hybridized carbons (Fsp3) is 0.500. The predicted octanol–water partition coefficient (Wildman–Crippen LogP) is 1.86. The van der Waals surface area contributed by atoms with Crippen molar-refractivity contribution in [3.05, 3.63) is 24.8 Å². The summed E-state index contributed by atoms with van der Waals surface area (Å²) < 4.78 is 0. The molecule has 0 bridgehead atoms. The second-order valence-corrected chi connectivity index (χ2v) is 2.22. The summed E-state index contributed by atoms with van der Waals surface area (Å²) >= 11 is 0. The first-order valence-electron chi connectivity index (χ1n) is 3.30. The van der Waals surface area contributed by atoms with Crippen LogP contribution in [0, 0.1) is 0 Å². The summed E-state index contributed by atoms with van der Waals surface area (Å²) in [5.41, 5.74) is 5.51. The molecule has 1 atom stereocenters. The summed E-state index contributed by atoms with van der Waals surface area (Å²) in [6.07, 6.45) is 7.92. The molecule has 0 aromatic heterocycles. The van der Waals surface area contributed by atoms with Crippen LogP contribution in [0.5, 0.6) is 0 Å². The normalized spacial score (nSPS) is 14.0. The topological polar surface area (TPSA) is 26.0 Å². The first-order valence-corrected chi connectivity index (χ1v) is 3.30. The quantitative estimate of drug-likeness (QED) is 0.570. The summed E-state index contributed by atoms with van der Waals surface area (Å²) in [5, 5.41) is 0. The molecule has 0 aliphatic heterocycles. The zero-order valence-corrected chi connectivity index (χ0v) is 6.01. The van der Waals surface area contributed by atoms with E-state index in [0.29, 0.717) is 6.04 Å². The molecule has 0 aliphatic carbocycles. The molecule has 0 saturated heterocycles. The molecule has 0 fully saturated rings. The zero-order valence-electron chi connectivity index (χ0n) is 6.01. The highest BCUT2D eigenvalue weighted by Crippen LogP contribution is 1.93. The maximum Gasteiger partial charge on any atom is 0.00134 e. The summed E-state index contributed by atoms with van der Waals surface area (Å²) in [4.78, 5) is 0. The minimum Gasteiger partial charge on any atom is -0.328 e. The molecule has 0 amide bonds. The van der Waals surface area contributed by atoms with Gasteiger partial charge in [0, 0.05) is 6.04 Å². The lowest BCUT2D eigenvalue weighted by Gasteiger charge is -1.98. The predicted molar refractivity (Wildman–Crippen MR) is 42.2 cm³/mol. The molecule has 0 aliphatic rings. The number of rotatable bonds is 4. The number of allylic oxidation sites excluding steroid dienone is 3. The Balaban J connectivity index is 3.08. The van der Waals surface area contributed by atoms with Crippen molar-refractivity contribution in [2.75, 3.05) is 0 Å². The minimum atomic E-state index is 0.319. The SMILES string of the molecule is C=C/C=C\CCC(C)N. The summed E-state index contributed by atoms with van der Waals surface area (Å²) in [6, 6.07) is 0.319. The minimum absolute atomic E-state index is 0.319. The molecular weight excluding hydrogens is 110 g/mol. The van der Waals surface area contributed by atoms with Crippen molar-refractivity contribution in [1.82, 2.24) is 0 Å². The molecule has 0 saturated carbocycles. The van der Waals surface area contributed by atoms with Crippen LogP contribution in [0.3, 0.4) is 0 Å². The van der Waals surface area contributed by atoms with Gasteiger partial charge in [0.2, 0.25) is 0 Å². The largest absolute Gasteiger partial charge is 0.328 e. The Morgan fingerprint density at radius 2 is 2.33 bits per heavy atom. The zero-order chi connectivity index (χ0) is 7.11. The molecule has 0 aromatic carbocycles. The Bertz CT molecular complexity index is 92.7. The van der Waals surface area contributed by atoms with Crippen LogP contribution < -0.4 is 5.73 Å². The Kier molecular flexibility index (Phi) is 5.23. The van der Waals surface area contributed by atoms with Gasteiger partial charge in [-0.25, -0.2) is 0 Å². The number of hydrogen-bond acceptors (Lipinski definition) is 1. The second kappa shape index (κ2) is 5.57. The highest BCUT2D eigenvalue weighted by molar-refractivity contribution is 4.96. The maximum absolute atomic E-state index is 5.51. The van der Waals surface area contributed by atoms with E-state index in [1.54, 1.807) is 6.08 Å². The van der Waals surface area contributed by atoms with E-state index in [1.165, 1.54) is 0 Å². The van der Waals surface area contributed by atoms with Crippen molar-refractivity contribution < 1.29 is 0 Å². The number of nitrogens with two attached hydrogens (primary N) is 1. The molecule has 9 heavy (non-hydrogen) atoms. The van der Waals surface area contributed by atoms with Crippen LogP contribution in [0.15, 0.2) is 24.8 Å². The maximum atomic E-state index is 5.51. The van der Waals surface area contributed by atoms with Crippen molar-refractivity contribution in [2.24, 2.45) is 5.73 Å². The third kappa shape index (κ3) is 7.44. The first kappa shape index (κ1) is 8.44. The van der Waals surface area contributed by atoms with Crippen LogP contribution in [-0.4, -0.2) is 6.04 Å². The van der Waals surface area contributed by atoms with Gasteiger partial charge < -0.3 is 5.73 Å². The van der Waals surface area contributed by atoms with Gasteiger partial charge >= 0.3 is 0 Å². The monoisotopic (exact) mass is 125 g/mol. The van der Waals surface area contributed by atoms with Crippen molar-refractivity contribution in [2.45, 2.75) is 25.8 Å². The van der Waals surface area contributed by atoms with E-state index in [4.69, 9.17) is 5.73 Å². The Morgan fingerprint density at radius 3 is 2.78 bits per heavy atom. The molecule has 52 valence electrons. The van der Waals surface area contributed by atoms with Crippen molar-refractivity contribution in [3.8, 4) is 0 Å². The lowest BCUT2D eigenvalue weighted by atomic mass is 10.2. The summed E-state index contributed by atoms with van der Waals surface area (Å²) in [5.74, 6) is 0. The van der Waals surface area contributed by atoms with Gasteiger partial charge in [-0.2, -0.15) is 0 Å². The molecule has 1 heteroatoms. The average Bonchev–Trinajstić information content (AvgIpc) is 1.80. The van der Waals surface area contributed by atoms with Crippen LogP contribution in [0.25, 0.3) is 0 Å². The summed E-state index contributed by atoms with van der Waals surface area (Å²) in [6.45, 7) is 5.57. The third-order valence-electron chi connectivity index (χ3n) is 1.06. The number of hydrogen-bond donors (Lipinski definition) is 1. The average molecular weight is 125 g/mol. The van der Waals surface area contributed by atoms with E-state index in [-0.39, 0.29) is 0 Å². The molecule has 0 radical (unpaired) electrons. The Morgan fingerprint density at radius 1 is 1.67 bits per heavy atom. The highest BCUT2D eigenvalue weighted by Gasteiger charge is 1.87. The summed E-state index contributed by atoms with van der Waals surface area (Å²) in [7, 11) is 0. The lowest BCUT2D eigenvalue weighted by molar-refractivity contribution is 0.676. The molecule has 0 rings (SSSR count). The van der Waals surface area contributed by atoms with Crippen LogP contribution in [0.2, 0.25) is 0 Å². The van der Waals surface area contributed by atoms with Crippen LogP contribution in [-0.2, 0) is 0 Å². The van der Waals surface area contributed by atoms with E-state index in [0.717, 1.165) is 12.8 Å². The van der Waals surface area contributed by atoms with Gasteiger partial charge in [-0.15, -0.1) is 0 Å². The van der Waals surface area contributed by atoms with E-state index in [2.05, 4.69) is 12.7 Å². The lowest BCUT2D eigenvalue weighted by Crippen LogP contribution is -2.13. The highest BCUT2D eigenvalue weighted by atomic mass is 14.6. The smallest absolute Gasteiger partial charge is 0.00134 e. The van der Waals surface area contributed by atoms with Gasteiger partial charge in [0.15, 0.2) is 0 Å². The van der Waals surface area contributed by atoms with Gasteiger partial charge in [-0.1, -0.05) is 24.8 Å². The molecule has 0 heterocycles. The van der Waals surface area contributed by atoms with Gasteiger partial charge in [-0.05, 0) is 19.8 Å². The molecule has 1 nitrogen and oxygen atoms in total. The van der Waals surface area contributed by atoms with Gasteiger partial charge in [0.1, 0.15) is 0 Å². The fourth-order valence-corrected chi connectivity index (χ4v) is 0.552. The van der Waals surface area contributed by atoms with Crippen molar-refractivity contribution in [3.63, 3.8) is 0 Å². The molecule has 0 spiro atoms.